The van der Waals surface area contributed by atoms with Crippen molar-refractivity contribution in [2.24, 2.45) is 0 Å². The lowest BCUT2D eigenvalue weighted by molar-refractivity contribution is 0.266. The normalized spacial score (nSPS) is 10.1. The van der Waals surface area contributed by atoms with Crippen LogP contribution in [0, 0.1) is 3.57 Å². The lowest BCUT2D eigenvalue weighted by atomic mass is 10.2. The van der Waals surface area contributed by atoms with E-state index in [1.807, 2.05) is 24.3 Å². The molecule has 1 rings (SSSR count). The molecule has 0 fully saturated rings. The Morgan fingerprint density at radius 1 is 1.07 bits per heavy atom. The molecule has 3 heteroatoms. The summed E-state index contributed by atoms with van der Waals surface area (Å²) in [5, 5.41) is 8.57. The molecule has 0 amide bonds. The summed E-state index contributed by atoms with van der Waals surface area (Å²) in [6, 6.07) is 8.02. The van der Waals surface area contributed by atoms with Crippen LogP contribution in [0.15, 0.2) is 24.3 Å². The quantitative estimate of drug-likeness (QED) is 0.647. The monoisotopic (exact) mass is 306 g/mol. The third-order valence-electron chi connectivity index (χ3n) is 1.88. The molecule has 0 atom stereocenters. The molecule has 1 N–H and O–H groups in total. The van der Waals surface area contributed by atoms with Crippen molar-refractivity contribution in [3.63, 3.8) is 0 Å². The van der Waals surface area contributed by atoms with Crippen molar-refractivity contribution in [2.75, 3.05) is 13.2 Å². The van der Waals surface area contributed by atoms with Crippen LogP contribution in [0.4, 0.5) is 0 Å². The van der Waals surface area contributed by atoms with E-state index in [1.54, 1.807) is 0 Å². The number of halogens is 1. The maximum atomic E-state index is 8.57. The van der Waals surface area contributed by atoms with E-state index in [4.69, 9.17) is 9.84 Å². The zero-order valence-electron chi connectivity index (χ0n) is 8.08. The summed E-state index contributed by atoms with van der Waals surface area (Å²) in [5.74, 6) is 0.925. The summed E-state index contributed by atoms with van der Waals surface area (Å²) in [6.07, 6.45) is 2.91. The van der Waals surface area contributed by atoms with Crippen LogP contribution in [0.5, 0.6) is 5.75 Å². The van der Waals surface area contributed by atoms with Gasteiger partial charge in [0.25, 0.3) is 0 Å². The SMILES string of the molecule is OCCCCCOc1ccc(I)cc1. The highest BCUT2D eigenvalue weighted by Crippen LogP contribution is 2.13. The van der Waals surface area contributed by atoms with Gasteiger partial charge in [0.05, 0.1) is 6.61 Å². The van der Waals surface area contributed by atoms with Gasteiger partial charge in [0.2, 0.25) is 0 Å². The number of hydrogen-bond donors (Lipinski definition) is 1. The summed E-state index contributed by atoms with van der Waals surface area (Å²) in [6.45, 7) is 1.02. The van der Waals surface area contributed by atoms with Gasteiger partial charge in [0.15, 0.2) is 0 Å². The van der Waals surface area contributed by atoms with Crippen molar-refractivity contribution in [2.45, 2.75) is 19.3 Å². The van der Waals surface area contributed by atoms with Gasteiger partial charge in [-0.05, 0) is 66.1 Å². The minimum Gasteiger partial charge on any atom is -0.494 e. The molecule has 1 aromatic rings. The maximum Gasteiger partial charge on any atom is 0.119 e. The summed E-state index contributed by atoms with van der Waals surface area (Å²) in [4.78, 5) is 0. The third-order valence-corrected chi connectivity index (χ3v) is 2.60. The molecule has 0 radical (unpaired) electrons. The van der Waals surface area contributed by atoms with E-state index in [-0.39, 0.29) is 6.61 Å². The predicted octanol–water partition coefficient (Wildman–Crippen LogP) is 2.83. The molecule has 0 aliphatic heterocycles. The topological polar surface area (TPSA) is 29.5 Å². The van der Waals surface area contributed by atoms with E-state index in [2.05, 4.69) is 22.6 Å². The Morgan fingerprint density at radius 2 is 1.79 bits per heavy atom. The number of benzene rings is 1. The second kappa shape index (κ2) is 7.06. The lowest BCUT2D eigenvalue weighted by Crippen LogP contribution is -1.97. The second-order valence-electron chi connectivity index (χ2n) is 3.09. The molecule has 0 aromatic heterocycles. The minimum atomic E-state index is 0.281. The highest BCUT2D eigenvalue weighted by Gasteiger charge is 1.93. The highest BCUT2D eigenvalue weighted by atomic mass is 127. The van der Waals surface area contributed by atoms with Gasteiger partial charge in [-0.25, -0.2) is 0 Å². The molecule has 78 valence electrons. The van der Waals surface area contributed by atoms with Crippen LogP contribution < -0.4 is 4.74 Å². The van der Waals surface area contributed by atoms with Gasteiger partial charge in [0.1, 0.15) is 5.75 Å². The van der Waals surface area contributed by atoms with E-state index < -0.39 is 0 Å². The lowest BCUT2D eigenvalue weighted by Gasteiger charge is -2.05. The largest absolute Gasteiger partial charge is 0.494 e. The zero-order chi connectivity index (χ0) is 10.2. The van der Waals surface area contributed by atoms with Crippen LogP contribution in [-0.2, 0) is 0 Å². The van der Waals surface area contributed by atoms with Crippen LogP contribution in [-0.4, -0.2) is 18.3 Å². The Bertz CT molecular complexity index is 246. The highest BCUT2D eigenvalue weighted by molar-refractivity contribution is 14.1. The Labute approximate surface area is 98.4 Å². The molecule has 0 heterocycles. The Balaban J connectivity index is 2.15. The molecule has 0 spiro atoms. The van der Waals surface area contributed by atoms with Crippen molar-refractivity contribution < 1.29 is 9.84 Å². The average Bonchev–Trinajstić information content (AvgIpc) is 2.21. The first-order valence-electron chi connectivity index (χ1n) is 4.82. The Morgan fingerprint density at radius 3 is 2.43 bits per heavy atom. The molecule has 1 aromatic carbocycles. The maximum absolute atomic E-state index is 8.57. The fourth-order valence-corrected chi connectivity index (χ4v) is 1.47. The van der Waals surface area contributed by atoms with Gasteiger partial charge >= 0.3 is 0 Å². The first kappa shape index (κ1) is 11.8. The molecule has 14 heavy (non-hydrogen) atoms. The van der Waals surface area contributed by atoms with Crippen molar-refractivity contribution in [3.8, 4) is 5.75 Å². The van der Waals surface area contributed by atoms with E-state index in [9.17, 15) is 0 Å². The van der Waals surface area contributed by atoms with Crippen LogP contribution >= 0.6 is 22.6 Å². The molecule has 0 unspecified atom stereocenters. The predicted molar refractivity (Wildman–Crippen MR) is 65.6 cm³/mol. The summed E-state index contributed by atoms with van der Waals surface area (Å²) in [7, 11) is 0. The number of ether oxygens (including phenoxy) is 1. The van der Waals surface area contributed by atoms with E-state index in [0.717, 1.165) is 31.6 Å². The van der Waals surface area contributed by atoms with Crippen LogP contribution in [0.1, 0.15) is 19.3 Å². The van der Waals surface area contributed by atoms with Crippen LogP contribution in [0.2, 0.25) is 0 Å². The standard InChI is InChI=1S/C11H15IO2/c12-10-4-6-11(7-5-10)14-9-3-1-2-8-13/h4-7,13H,1-3,8-9H2. The smallest absolute Gasteiger partial charge is 0.119 e. The summed E-state index contributed by atoms with van der Waals surface area (Å²) >= 11 is 2.27. The molecular weight excluding hydrogens is 291 g/mol. The van der Waals surface area contributed by atoms with Crippen LogP contribution in [0.3, 0.4) is 0 Å². The van der Waals surface area contributed by atoms with E-state index >= 15 is 0 Å². The molecule has 0 aliphatic rings. The number of rotatable bonds is 6. The van der Waals surface area contributed by atoms with Gasteiger partial charge in [-0.2, -0.15) is 0 Å². The Kier molecular flexibility index (Phi) is 5.94. The minimum absolute atomic E-state index is 0.281. The van der Waals surface area contributed by atoms with Crippen molar-refractivity contribution in [3.05, 3.63) is 27.8 Å². The molecule has 0 saturated carbocycles. The van der Waals surface area contributed by atoms with Crippen LogP contribution in [0.25, 0.3) is 0 Å². The molecule has 0 bridgehead atoms. The van der Waals surface area contributed by atoms with Crippen molar-refractivity contribution in [1.82, 2.24) is 0 Å². The molecule has 2 nitrogen and oxygen atoms in total. The average molecular weight is 306 g/mol. The first-order chi connectivity index (χ1) is 6.83. The fraction of sp³-hybridized carbons (Fsp3) is 0.455. The summed E-state index contributed by atoms with van der Waals surface area (Å²) < 4.78 is 6.74. The van der Waals surface area contributed by atoms with Crippen molar-refractivity contribution >= 4 is 22.6 Å². The van der Waals surface area contributed by atoms with E-state index in [1.165, 1.54) is 3.57 Å². The second-order valence-corrected chi connectivity index (χ2v) is 4.33. The zero-order valence-corrected chi connectivity index (χ0v) is 10.2. The number of hydrogen-bond acceptors (Lipinski definition) is 2. The Hall–Kier alpha value is -0.290. The van der Waals surface area contributed by atoms with E-state index in [0.29, 0.717) is 0 Å². The van der Waals surface area contributed by atoms with Gasteiger partial charge in [-0.1, -0.05) is 0 Å². The van der Waals surface area contributed by atoms with Gasteiger partial charge in [-0.3, -0.25) is 0 Å². The molecule has 0 saturated heterocycles. The van der Waals surface area contributed by atoms with Gasteiger partial charge < -0.3 is 9.84 Å². The van der Waals surface area contributed by atoms with Gasteiger partial charge in [-0.15, -0.1) is 0 Å². The summed E-state index contributed by atoms with van der Waals surface area (Å²) in [5.41, 5.74) is 0. The molecular formula is C11H15IO2. The first-order valence-corrected chi connectivity index (χ1v) is 5.90. The number of aliphatic hydroxyl groups excluding tert-OH is 1. The number of aliphatic hydroxyl groups is 1. The number of unbranched alkanes of at least 4 members (excludes halogenated alkanes) is 2. The van der Waals surface area contributed by atoms with Crippen molar-refractivity contribution in [1.29, 1.82) is 0 Å². The fourth-order valence-electron chi connectivity index (χ4n) is 1.11. The van der Waals surface area contributed by atoms with Gasteiger partial charge in [0, 0.05) is 10.2 Å². The third kappa shape index (κ3) is 4.81. The molecule has 0 aliphatic carbocycles.